The molecule has 0 spiro atoms. The minimum atomic E-state index is -0.441. The Morgan fingerprint density at radius 3 is 2.47 bits per heavy atom. The summed E-state index contributed by atoms with van der Waals surface area (Å²) in [5, 5.41) is 14.2. The van der Waals surface area contributed by atoms with E-state index in [9.17, 15) is 10.1 Å². The fourth-order valence-electron chi connectivity index (χ4n) is 1.60. The molecule has 0 amide bonds. The van der Waals surface area contributed by atoms with E-state index in [0.29, 0.717) is 22.1 Å². The Labute approximate surface area is 114 Å². The standard InChI is InChI=1S/C13H11ClN2O3/c1-19-13-7-2-9(14)8-12(13)15-10-3-5-11(6-4-10)16(17)18/h2-8,15H,1H3. The smallest absolute Gasteiger partial charge is 0.269 e. The number of anilines is 2. The number of halogens is 1. The van der Waals surface area contributed by atoms with Gasteiger partial charge < -0.3 is 10.1 Å². The first kappa shape index (κ1) is 13.2. The quantitative estimate of drug-likeness (QED) is 0.678. The van der Waals surface area contributed by atoms with Gasteiger partial charge in [0.15, 0.2) is 0 Å². The van der Waals surface area contributed by atoms with Crippen LogP contribution >= 0.6 is 11.6 Å². The molecule has 0 aromatic heterocycles. The highest BCUT2D eigenvalue weighted by Crippen LogP contribution is 2.30. The molecule has 1 N–H and O–H groups in total. The lowest BCUT2D eigenvalue weighted by atomic mass is 10.2. The molecule has 0 fully saturated rings. The molecule has 0 atom stereocenters. The minimum Gasteiger partial charge on any atom is -0.495 e. The van der Waals surface area contributed by atoms with Crippen molar-refractivity contribution < 1.29 is 9.66 Å². The SMILES string of the molecule is COc1ccc(Cl)cc1Nc1ccc([N+](=O)[O-])cc1. The number of methoxy groups -OCH3 is 1. The Morgan fingerprint density at radius 1 is 1.21 bits per heavy atom. The maximum Gasteiger partial charge on any atom is 0.269 e. The van der Waals surface area contributed by atoms with Gasteiger partial charge in [-0.15, -0.1) is 0 Å². The highest BCUT2D eigenvalue weighted by Gasteiger charge is 2.07. The number of hydrogen-bond acceptors (Lipinski definition) is 4. The maximum atomic E-state index is 10.6. The molecule has 0 saturated heterocycles. The van der Waals surface area contributed by atoms with Gasteiger partial charge in [-0.3, -0.25) is 10.1 Å². The molecule has 5 nitrogen and oxygen atoms in total. The number of nitrogens with one attached hydrogen (secondary N) is 1. The first-order valence-corrected chi connectivity index (χ1v) is 5.83. The summed E-state index contributed by atoms with van der Waals surface area (Å²) in [5.41, 5.74) is 1.46. The number of nitrogens with zero attached hydrogens (tertiary/aromatic N) is 1. The summed E-state index contributed by atoms with van der Waals surface area (Å²) in [6.07, 6.45) is 0. The fourth-order valence-corrected chi connectivity index (χ4v) is 1.77. The van der Waals surface area contributed by atoms with Gasteiger partial charge >= 0.3 is 0 Å². The van der Waals surface area contributed by atoms with Crippen LogP contribution in [0.1, 0.15) is 0 Å². The molecule has 0 radical (unpaired) electrons. The van der Waals surface area contributed by atoms with Gasteiger partial charge in [0.2, 0.25) is 0 Å². The second-order valence-electron chi connectivity index (χ2n) is 3.77. The molecule has 0 aliphatic rings. The minimum absolute atomic E-state index is 0.0450. The third-order valence-corrected chi connectivity index (χ3v) is 2.75. The topological polar surface area (TPSA) is 64.4 Å². The van der Waals surface area contributed by atoms with Gasteiger partial charge in [0.05, 0.1) is 17.7 Å². The lowest BCUT2D eigenvalue weighted by Crippen LogP contribution is -1.95. The summed E-state index contributed by atoms with van der Waals surface area (Å²) in [6.45, 7) is 0. The second kappa shape index (κ2) is 5.58. The van der Waals surface area contributed by atoms with Crippen molar-refractivity contribution in [3.8, 4) is 5.75 Å². The van der Waals surface area contributed by atoms with Crippen LogP contribution in [-0.2, 0) is 0 Å². The molecule has 0 heterocycles. The summed E-state index contributed by atoms with van der Waals surface area (Å²) in [7, 11) is 1.56. The van der Waals surface area contributed by atoms with Crippen LogP contribution in [0.15, 0.2) is 42.5 Å². The lowest BCUT2D eigenvalue weighted by Gasteiger charge is -2.11. The zero-order valence-electron chi connectivity index (χ0n) is 10.1. The van der Waals surface area contributed by atoms with Gasteiger partial charge in [-0.1, -0.05) is 11.6 Å². The van der Waals surface area contributed by atoms with E-state index in [0.717, 1.165) is 0 Å². The van der Waals surface area contributed by atoms with E-state index in [1.54, 1.807) is 37.4 Å². The van der Waals surface area contributed by atoms with E-state index >= 15 is 0 Å². The first-order chi connectivity index (χ1) is 9.10. The molecule has 0 saturated carbocycles. The molecule has 0 bridgehead atoms. The van der Waals surface area contributed by atoms with Gasteiger partial charge in [-0.05, 0) is 30.3 Å². The van der Waals surface area contributed by atoms with Crippen LogP contribution in [0.5, 0.6) is 5.75 Å². The molecule has 98 valence electrons. The summed E-state index contributed by atoms with van der Waals surface area (Å²) in [4.78, 5) is 10.1. The average molecular weight is 279 g/mol. The number of benzene rings is 2. The Hall–Kier alpha value is -2.27. The highest BCUT2D eigenvalue weighted by molar-refractivity contribution is 6.31. The molecule has 2 aromatic rings. The van der Waals surface area contributed by atoms with Crippen molar-refractivity contribution in [3.05, 3.63) is 57.6 Å². The first-order valence-electron chi connectivity index (χ1n) is 5.45. The highest BCUT2D eigenvalue weighted by atomic mass is 35.5. The zero-order chi connectivity index (χ0) is 13.8. The summed E-state index contributed by atoms with van der Waals surface area (Å²) in [5.74, 6) is 0.641. The summed E-state index contributed by atoms with van der Waals surface area (Å²) in [6, 6.07) is 11.3. The zero-order valence-corrected chi connectivity index (χ0v) is 10.8. The van der Waals surface area contributed by atoms with E-state index in [2.05, 4.69) is 5.32 Å². The molecular weight excluding hydrogens is 268 g/mol. The van der Waals surface area contributed by atoms with E-state index < -0.39 is 4.92 Å². The van der Waals surface area contributed by atoms with Gasteiger partial charge in [-0.25, -0.2) is 0 Å². The van der Waals surface area contributed by atoms with Crippen molar-refractivity contribution in [2.75, 3.05) is 12.4 Å². The van der Waals surface area contributed by atoms with Crippen LogP contribution in [0.2, 0.25) is 5.02 Å². The average Bonchev–Trinajstić information content (AvgIpc) is 2.39. The van der Waals surface area contributed by atoms with Crippen LogP contribution in [0, 0.1) is 10.1 Å². The Morgan fingerprint density at radius 2 is 1.89 bits per heavy atom. The van der Waals surface area contributed by atoms with Gasteiger partial charge in [0.1, 0.15) is 5.75 Å². The van der Waals surface area contributed by atoms with Crippen LogP contribution in [0.3, 0.4) is 0 Å². The largest absolute Gasteiger partial charge is 0.495 e. The predicted molar refractivity (Wildman–Crippen MR) is 74.4 cm³/mol. The number of ether oxygens (including phenoxy) is 1. The van der Waals surface area contributed by atoms with Crippen LogP contribution in [0.4, 0.5) is 17.1 Å². The van der Waals surface area contributed by atoms with Crippen molar-refractivity contribution in [2.24, 2.45) is 0 Å². The maximum absolute atomic E-state index is 10.6. The molecule has 6 heteroatoms. The third kappa shape index (κ3) is 3.14. The van der Waals surface area contributed by atoms with E-state index in [1.165, 1.54) is 12.1 Å². The van der Waals surface area contributed by atoms with Crippen molar-refractivity contribution in [3.63, 3.8) is 0 Å². The lowest BCUT2D eigenvalue weighted by molar-refractivity contribution is -0.384. The number of non-ortho nitro benzene ring substituents is 1. The fraction of sp³-hybridized carbons (Fsp3) is 0.0769. The number of nitro benzene ring substituents is 1. The normalized spacial score (nSPS) is 10.0. The number of nitro groups is 1. The number of rotatable bonds is 4. The van der Waals surface area contributed by atoms with Gasteiger partial charge in [-0.2, -0.15) is 0 Å². The molecule has 0 aliphatic carbocycles. The molecule has 2 aromatic carbocycles. The van der Waals surface area contributed by atoms with Crippen molar-refractivity contribution in [2.45, 2.75) is 0 Å². The van der Waals surface area contributed by atoms with E-state index in [1.807, 2.05) is 0 Å². The van der Waals surface area contributed by atoms with Gasteiger partial charge in [0.25, 0.3) is 5.69 Å². The number of hydrogen-bond donors (Lipinski definition) is 1. The van der Waals surface area contributed by atoms with E-state index in [-0.39, 0.29) is 5.69 Å². The molecule has 0 unspecified atom stereocenters. The van der Waals surface area contributed by atoms with Crippen molar-refractivity contribution >= 4 is 28.7 Å². The predicted octanol–water partition coefficient (Wildman–Crippen LogP) is 4.00. The van der Waals surface area contributed by atoms with Crippen molar-refractivity contribution in [1.82, 2.24) is 0 Å². The van der Waals surface area contributed by atoms with Crippen LogP contribution < -0.4 is 10.1 Å². The van der Waals surface area contributed by atoms with Crippen molar-refractivity contribution in [1.29, 1.82) is 0 Å². The molecule has 2 rings (SSSR count). The van der Waals surface area contributed by atoms with E-state index in [4.69, 9.17) is 16.3 Å². The van der Waals surface area contributed by atoms with Crippen LogP contribution in [0.25, 0.3) is 0 Å². The monoisotopic (exact) mass is 278 g/mol. The summed E-state index contributed by atoms with van der Waals surface area (Å²) >= 11 is 5.92. The molecule has 0 aliphatic heterocycles. The van der Waals surface area contributed by atoms with Gasteiger partial charge in [0, 0.05) is 22.8 Å². The Balaban J connectivity index is 2.25. The third-order valence-electron chi connectivity index (χ3n) is 2.52. The molecular formula is C13H11ClN2O3. The Kier molecular flexibility index (Phi) is 3.87. The van der Waals surface area contributed by atoms with Crippen LogP contribution in [-0.4, -0.2) is 12.0 Å². The second-order valence-corrected chi connectivity index (χ2v) is 4.21. The summed E-state index contributed by atoms with van der Waals surface area (Å²) < 4.78 is 5.21. The molecule has 19 heavy (non-hydrogen) atoms. The Bertz CT molecular complexity index is 599.